The summed E-state index contributed by atoms with van der Waals surface area (Å²) in [5, 5.41) is 49.0. The van der Waals surface area contributed by atoms with Gasteiger partial charge in [0.25, 0.3) is 0 Å². The molecule has 10 nitrogen and oxygen atoms in total. The molecule has 10 heteroatoms. The predicted molar refractivity (Wildman–Crippen MR) is 100 cm³/mol. The van der Waals surface area contributed by atoms with Gasteiger partial charge in [0, 0.05) is 24.0 Å². The Morgan fingerprint density at radius 2 is 1.83 bits per heavy atom. The summed E-state index contributed by atoms with van der Waals surface area (Å²) in [6.45, 7) is -0.617. The standard InChI is InChI=1S/C20H21NO9/c22-9-16-17(26)18(27)19(28)20(30-16)29-11-3-4-12(14(24)6-11)15(25)7-13(23)10-2-1-5-21-8-10/h1-6,8,16-20,22,24,26-28H,7,9H2/t16-,17-,18+,19-,20-/m1/s1. The maximum atomic E-state index is 12.4. The number of nitrogens with zero attached hydrogens (tertiary/aromatic N) is 1. The fourth-order valence-electron chi connectivity index (χ4n) is 2.99. The van der Waals surface area contributed by atoms with Crippen molar-refractivity contribution in [1.29, 1.82) is 0 Å². The van der Waals surface area contributed by atoms with E-state index in [0.29, 0.717) is 0 Å². The number of ketones is 2. The fourth-order valence-corrected chi connectivity index (χ4v) is 2.99. The lowest BCUT2D eigenvalue weighted by Gasteiger charge is -2.39. The van der Waals surface area contributed by atoms with Crippen molar-refractivity contribution in [3.05, 3.63) is 53.9 Å². The molecule has 0 saturated carbocycles. The molecule has 1 aliphatic rings. The third-order valence-corrected chi connectivity index (χ3v) is 4.67. The second kappa shape index (κ2) is 9.28. The zero-order valence-corrected chi connectivity index (χ0v) is 15.7. The highest BCUT2D eigenvalue weighted by Crippen LogP contribution is 2.29. The lowest BCUT2D eigenvalue weighted by molar-refractivity contribution is -0.277. The van der Waals surface area contributed by atoms with Crippen LogP contribution >= 0.6 is 0 Å². The van der Waals surface area contributed by atoms with Crippen molar-refractivity contribution in [2.45, 2.75) is 37.1 Å². The maximum absolute atomic E-state index is 12.4. The van der Waals surface area contributed by atoms with Crippen LogP contribution in [0.25, 0.3) is 0 Å². The molecule has 5 atom stereocenters. The molecular weight excluding hydrogens is 398 g/mol. The Hall–Kier alpha value is -2.89. The Morgan fingerprint density at radius 1 is 1.07 bits per heavy atom. The van der Waals surface area contributed by atoms with Crippen LogP contribution in [0.1, 0.15) is 27.1 Å². The number of aliphatic hydroxyl groups excluding tert-OH is 4. The Morgan fingerprint density at radius 3 is 2.47 bits per heavy atom. The van der Waals surface area contributed by atoms with Crippen LogP contribution in [0.15, 0.2) is 42.7 Å². The normalized spacial score (nSPS) is 26.2. The van der Waals surface area contributed by atoms with Crippen LogP contribution in [0.2, 0.25) is 0 Å². The van der Waals surface area contributed by atoms with E-state index in [2.05, 4.69) is 4.98 Å². The van der Waals surface area contributed by atoms with Crippen LogP contribution in [-0.4, -0.2) is 79.4 Å². The third kappa shape index (κ3) is 4.64. The first-order valence-corrected chi connectivity index (χ1v) is 9.08. The number of pyridine rings is 1. The van der Waals surface area contributed by atoms with Crippen molar-refractivity contribution in [3.63, 3.8) is 0 Å². The number of phenolic OH excluding ortho intramolecular Hbond substituents is 1. The molecule has 0 amide bonds. The predicted octanol–water partition coefficient (Wildman–Crippen LogP) is -0.578. The zero-order valence-electron chi connectivity index (χ0n) is 15.7. The zero-order chi connectivity index (χ0) is 21.8. The molecule has 5 N–H and O–H groups in total. The number of Topliss-reactive ketones (excluding diaryl/α,β-unsaturated/α-hetero) is 2. The molecule has 1 aromatic carbocycles. The van der Waals surface area contributed by atoms with Crippen molar-refractivity contribution >= 4 is 11.6 Å². The summed E-state index contributed by atoms with van der Waals surface area (Å²) >= 11 is 0. The van der Waals surface area contributed by atoms with Crippen LogP contribution in [0.5, 0.6) is 11.5 Å². The first-order chi connectivity index (χ1) is 14.3. The summed E-state index contributed by atoms with van der Waals surface area (Å²) in [4.78, 5) is 28.3. The van der Waals surface area contributed by atoms with Gasteiger partial charge in [0.1, 0.15) is 35.9 Å². The number of aromatic hydroxyl groups is 1. The van der Waals surface area contributed by atoms with Crippen LogP contribution in [0.4, 0.5) is 0 Å². The highest BCUT2D eigenvalue weighted by molar-refractivity contribution is 6.14. The van der Waals surface area contributed by atoms with Gasteiger partial charge in [0.2, 0.25) is 6.29 Å². The summed E-state index contributed by atoms with van der Waals surface area (Å²) in [7, 11) is 0. The highest BCUT2D eigenvalue weighted by Gasteiger charge is 2.44. The van der Waals surface area contributed by atoms with Gasteiger partial charge in [-0.15, -0.1) is 0 Å². The van der Waals surface area contributed by atoms with E-state index >= 15 is 0 Å². The Labute approximate surface area is 171 Å². The number of rotatable bonds is 7. The minimum absolute atomic E-state index is 0.00744. The summed E-state index contributed by atoms with van der Waals surface area (Å²) in [6, 6.07) is 6.74. The second-order valence-electron chi connectivity index (χ2n) is 6.76. The number of aromatic nitrogens is 1. The second-order valence-corrected chi connectivity index (χ2v) is 6.76. The van der Waals surface area contributed by atoms with E-state index in [4.69, 9.17) is 9.47 Å². The number of phenols is 1. The number of hydrogen-bond acceptors (Lipinski definition) is 10. The highest BCUT2D eigenvalue weighted by atomic mass is 16.7. The number of carbonyl (C=O) groups excluding carboxylic acids is 2. The average Bonchev–Trinajstić information content (AvgIpc) is 2.74. The quantitative estimate of drug-likeness (QED) is 0.289. The van der Waals surface area contributed by atoms with E-state index in [-0.39, 0.29) is 16.9 Å². The summed E-state index contributed by atoms with van der Waals surface area (Å²) in [5.41, 5.74) is 0.168. The number of hydrogen-bond donors (Lipinski definition) is 5. The molecule has 1 fully saturated rings. The van der Waals surface area contributed by atoms with E-state index in [9.17, 15) is 35.1 Å². The SMILES string of the molecule is O=C(CC(=O)c1ccc(O[C@@H]2O[C@H](CO)[C@@H](O)[C@H](O)[C@H]2O)cc1O)c1cccnc1. The van der Waals surface area contributed by atoms with Crippen molar-refractivity contribution in [1.82, 2.24) is 4.98 Å². The largest absolute Gasteiger partial charge is 0.507 e. The smallest absolute Gasteiger partial charge is 0.229 e. The van der Waals surface area contributed by atoms with Gasteiger partial charge in [-0.2, -0.15) is 0 Å². The Kier molecular flexibility index (Phi) is 6.75. The number of benzene rings is 1. The van der Waals surface area contributed by atoms with E-state index in [1.165, 1.54) is 30.6 Å². The molecule has 0 radical (unpaired) electrons. The lowest BCUT2D eigenvalue weighted by Crippen LogP contribution is -2.60. The lowest BCUT2D eigenvalue weighted by atomic mass is 9.99. The Balaban J connectivity index is 1.69. The number of aliphatic hydroxyl groups is 4. The van der Waals surface area contributed by atoms with Crippen LogP contribution < -0.4 is 4.74 Å². The van der Waals surface area contributed by atoms with Crippen molar-refractivity contribution in [3.8, 4) is 11.5 Å². The first-order valence-electron chi connectivity index (χ1n) is 9.08. The van der Waals surface area contributed by atoms with E-state index in [0.717, 1.165) is 6.07 Å². The van der Waals surface area contributed by atoms with Gasteiger partial charge in [-0.05, 0) is 24.3 Å². The minimum atomic E-state index is -1.62. The van der Waals surface area contributed by atoms with Crippen molar-refractivity contribution < 1.29 is 44.6 Å². The van der Waals surface area contributed by atoms with E-state index in [1.54, 1.807) is 6.07 Å². The van der Waals surface area contributed by atoms with Crippen molar-refractivity contribution in [2.24, 2.45) is 0 Å². The van der Waals surface area contributed by atoms with Gasteiger partial charge in [-0.3, -0.25) is 14.6 Å². The Bertz CT molecular complexity index is 902. The molecule has 3 rings (SSSR count). The summed E-state index contributed by atoms with van der Waals surface area (Å²) in [6.07, 6.45) is -4.99. The van der Waals surface area contributed by atoms with Gasteiger partial charge in [-0.25, -0.2) is 0 Å². The van der Waals surface area contributed by atoms with Gasteiger partial charge < -0.3 is 35.0 Å². The van der Waals surface area contributed by atoms with Crippen LogP contribution in [0.3, 0.4) is 0 Å². The number of ether oxygens (including phenoxy) is 2. The molecule has 1 aliphatic heterocycles. The molecule has 0 bridgehead atoms. The topological polar surface area (TPSA) is 167 Å². The van der Waals surface area contributed by atoms with Gasteiger partial charge in [0.05, 0.1) is 18.6 Å². The van der Waals surface area contributed by atoms with E-state index < -0.39 is 61.0 Å². The van der Waals surface area contributed by atoms with Crippen LogP contribution in [0, 0.1) is 0 Å². The molecule has 0 aliphatic carbocycles. The third-order valence-electron chi connectivity index (χ3n) is 4.67. The molecule has 160 valence electrons. The molecule has 30 heavy (non-hydrogen) atoms. The maximum Gasteiger partial charge on any atom is 0.229 e. The molecule has 2 heterocycles. The average molecular weight is 419 g/mol. The molecular formula is C20H21NO9. The first kappa shape index (κ1) is 21.8. The van der Waals surface area contributed by atoms with Gasteiger partial charge in [-0.1, -0.05) is 0 Å². The molecule has 0 unspecified atom stereocenters. The molecule has 1 aromatic heterocycles. The number of carbonyl (C=O) groups is 2. The van der Waals surface area contributed by atoms with Gasteiger partial charge >= 0.3 is 0 Å². The minimum Gasteiger partial charge on any atom is -0.507 e. The fraction of sp³-hybridized carbons (Fsp3) is 0.350. The summed E-state index contributed by atoms with van der Waals surface area (Å²) < 4.78 is 10.6. The summed E-state index contributed by atoms with van der Waals surface area (Å²) in [5.74, 6) is -1.53. The van der Waals surface area contributed by atoms with Gasteiger partial charge in [0.15, 0.2) is 11.6 Å². The molecule has 1 saturated heterocycles. The van der Waals surface area contributed by atoms with Crippen LogP contribution in [-0.2, 0) is 4.74 Å². The van der Waals surface area contributed by atoms with E-state index in [1.807, 2.05) is 0 Å². The monoisotopic (exact) mass is 419 g/mol. The molecule has 0 spiro atoms. The van der Waals surface area contributed by atoms with Crippen molar-refractivity contribution in [2.75, 3.05) is 6.61 Å². The molecule has 2 aromatic rings.